The molecule has 5 nitrogen and oxygen atoms in total. The molecule has 0 aromatic heterocycles. The van der Waals surface area contributed by atoms with Crippen LogP contribution >= 0.6 is 0 Å². The van der Waals surface area contributed by atoms with Crippen LogP contribution in [0.1, 0.15) is 36.0 Å². The molecule has 0 aliphatic heterocycles. The Morgan fingerprint density at radius 1 is 1.16 bits per heavy atom. The van der Waals surface area contributed by atoms with E-state index in [1.165, 1.54) is 13.2 Å². The van der Waals surface area contributed by atoms with Gasteiger partial charge in [0.25, 0.3) is 0 Å². The number of hydrogen-bond acceptors (Lipinski definition) is 4. The van der Waals surface area contributed by atoms with Crippen LogP contribution in [-0.2, 0) is 11.2 Å². The summed E-state index contributed by atoms with van der Waals surface area (Å²) in [7, 11) is 1.46. The number of ether oxygens (including phenoxy) is 2. The predicted octanol–water partition coefficient (Wildman–Crippen LogP) is 3.91. The number of hydrogen-bond donors (Lipinski definition) is 2. The monoisotopic (exact) mass is 344 g/mol. The molecule has 0 amide bonds. The van der Waals surface area contributed by atoms with Crippen LogP contribution in [0.15, 0.2) is 36.4 Å². The molecule has 0 radical (unpaired) electrons. The third-order valence-electron chi connectivity index (χ3n) is 4.05. The number of rotatable bonds is 8. The molecule has 5 heteroatoms. The number of carboxylic acid groups (broad SMARTS) is 1. The molecule has 2 rings (SSSR count). The van der Waals surface area contributed by atoms with Crippen molar-refractivity contribution in [2.45, 2.75) is 32.6 Å². The van der Waals surface area contributed by atoms with Gasteiger partial charge in [-0.15, -0.1) is 0 Å². The summed E-state index contributed by atoms with van der Waals surface area (Å²) in [4.78, 5) is 11.8. The van der Waals surface area contributed by atoms with Gasteiger partial charge < -0.3 is 19.7 Å². The van der Waals surface area contributed by atoms with E-state index in [0.29, 0.717) is 18.8 Å². The fourth-order valence-electron chi connectivity index (χ4n) is 2.70. The van der Waals surface area contributed by atoms with Gasteiger partial charge in [-0.25, -0.2) is 0 Å². The highest BCUT2D eigenvalue weighted by Gasteiger charge is 2.22. The van der Waals surface area contributed by atoms with Gasteiger partial charge in [-0.1, -0.05) is 25.1 Å². The lowest BCUT2D eigenvalue weighted by Gasteiger charge is -2.16. The molecule has 0 aliphatic carbocycles. The van der Waals surface area contributed by atoms with E-state index >= 15 is 0 Å². The molecular formula is C20H24O5. The van der Waals surface area contributed by atoms with Gasteiger partial charge in [0.1, 0.15) is 5.75 Å². The van der Waals surface area contributed by atoms with E-state index in [1.54, 1.807) is 18.2 Å². The zero-order valence-corrected chi connectivity index (χ0v) is 14.8. The largest absolute Gasteiger partial charge is 0.504 e. The van der Waals surface area contributed by atoms with E-state index in [4.69, 9.17) is 9.47 Å². The van der Waals surface area contributed by atoms with Crippen molar-refractivity contribution in [1.82, 2.24) is 0 Å². The van der Waals surface area contributed by atoms with E-state index in [0.717, 1.165) is 28.9 Å². The SMILES string of the molecule is CCCOc1ccc(C(Cc2ccc(O)c(OC)c2)C(=O)O)cc1C. The van der Waals surface area contributed by atoms with Gasteiger partial charge in [0.05, 0.1) is 19.6 Å². The Labute approximate surface area is 147 Å². The number of aromatic hydroxyl groups is 1. The predicted molar refractivity (Wildman–Crippen MR) is 95.7 cm³/mol. The summed E-state index contributed by atoms with van der Waals surface area (Å²) in [6.45, 7) is 4.59. The lowest BCUT2D eigenvalue weighted by molar-refractivity contribution is -0.138. The van der Waals surface area contributed by atoms with E-state index in [1.807, 2.05) is 26.0 Å². The molecule has 0 bridgehead atoms. The van der Waals surface area contributed by atoms with Gasteiger partial charge in [0.15, 0.2) is 11.5 Å². The number of aliphatic carboxylic acids is 1. The second-order valence-electron chi connectivity index (χ2n) is 5.97. The van der Waals surface area contributed by atoms with Gasteiger partial charge in [0, 0.05) is 0 Å². The summed E-state index contributed by atoms with van der Waals surface area (Å²) in [6.07, 6.45) is 1.22. The Balaban J connectivity index is 2.26. The summed E-state index contributed by atoms with van der Waals surface area (Å²) in [5.41, 5.74) is 2.42. The van der Waals surface area contributed by atoms with Crippen LogP contribution in [0.2, 0.25) is 0 Å². The lowest BCUT2D eigenvalue weighted by atomic mass is 9.91. The summed E-state index contributed by atoms with van der Waals surface area (Å²) in [5, 5.41) is 19.3. The molecule has 0 spiro atoms. The van der Waals surface area contributed by atoms with Crippen molar-refractivity contribution in [2.75, 3.05) is 13.7 Å². The molecule has 1 atom stereocenters. The molecule has 25 heavy (non-hydrogen) atoms. The van der Waals surface area contributed by atoms with Crippen molar-refractivity contribution in [1.29, 1.82) is 0 Å². The smallest absolute Gasteiger partial charge is 0.311 e. The van der Waals surface area contributed by atoms with E-state index < -0.39 is 11.9 Å². The Morgan fingerprint density at radius 2 is 1.92 bits per heavy atom. The first-order valence-electron chi connectivity index (χ1n) is 8.28. The highest BCUT2D eigenvalue weighted by atomic mass is 16.5. The minimum absolute atomic E-state index is 0.0337. The molecule has 0 fully saturated rings. The van der Waals surface area contributed by atoms with Crippen LogP contribution in [0.3, 0.4) is 0 Å². The molecular weight excluding hydrogens is 320 g/mol. The topological polar surface area (TPSA) is 76.0 Å². The third kappa shape index (κ3) is 4.66. The number of phenolic OH excluding ortho intramolecular Hbond substituents is 1. The van der Waals surface area contributed by atoms with Crippen LogP contribution < -0.4 is 9.47 Å². The molecule has 0 heterocycles. The number of carbonyl (C=O) groups is 1. The van der Waals surface area contributed by atoms with Crippen molar-refractivity contribution in [2.24, 2.45) is 0 Å². The Kier molecular flexibility index (Phi) is 6.28. The molecule has 0 saturated carbocycles. The average molecular weight is 344 g/mol. The fraction of sp³-hybridized carbons (Fsp3) is 0.350. The molecule has 2 aromatic carbocycles. The summed E-state index contributed by atoms with van der Waals surface area (Å²) < 4.78 is 10.7. The number of benzene rings is 2. The van der Waals surface area contributed by atoms with E-state index in [-0.39, 0.29) is 5.75 Å². The first kappa shape index (κ1) is 18.6. The molecule has 2 N–H and O–H groups in total. The zero-order valence-electron chi connectivity index (χ0n) is 14.8. The van der Waals surface area contributed by atoms with Gasteiger partial charge in [-0.2, -0.15) is 0 Å². The molecule has 1 unspecified atom stereocenters. The highest BCUT2D eigenvalue weighted by Crippen LogP contribution is 2.31. The van der Waals surface area contributed by atoms with Crippen molar-refractivity contribution in [3.05, 3.63) is 53.1 Å². The molecule has 134 valence electrons. The van der Waals surface area contributed by atoms with Crippen molar-refractivity contribution in [3.8, 4) is 17.2 Å². The second-order valence-corrected chi connectivity index (χ2v) is 5.97. The minimum Gasteiger partial charge on any atom is -0.504 e. The Bertz CT molecular complexity index is 739. The van der Waals surface area contributed by atoms with Crippen molar-refractivity contribution < 1.29 is 24.5 Å². The van der Waals surface area contributed by atoms with Gasteiger partial charge in [-0.3, -0.25) is 4.79 Å². The number of methoxy groups -OCH3 is 1. The van der Waals surface area contributed by atoms with Crippen molar-refractivity contribution in [3.63, 3.8) is 0 Å². The van der Waals surface area contributed by atoms with Crippen LogP contribution in [0.5, 0.6) is 17.2 Å². The number of phenols is 1. The Hall–Kier alpha value is -2.69. The quantitative estimate of drug-likeness (QED) is 0.759. The van der Waals surface area contributed by atoms with Gasteiger partial charge >= 0.3 is 5.97 Å². The lowest BCUT2D eigenvalue weighted by Crippen LogP contribution is -2.15. The molecule has 2 aromatic rings. The first-order valence-corrected chi connectivity index (χ1v) is 8.28. The maximum atomic E-state index is 11.8. The minimum atomic E-state index is -0.895. The summed E-state index contributed by atoms with van der Waals surface area (Å²) in [6, 6.07) is 10.4. The van der Waals surface area contributed by atoms with Crippen molar-refractivity contribution >= 4 is 5.97 Å². The maximum absolute atomic E-state index is 11.8. The van der Waals surface area contributed by atoms with Crippen LogP contribution in [-0.4, -0.2) is 29.9 Å². The molecule has 0 saturated heterocycles. The van der Waals surface area contributed by atoms with Gasteiger partial charge in [-0.05, 0) is 54.7 Å². The van der Waals surface area contributed by atoms with E-state index in [9.17, 15) is 15.0 Å². The molecule has 0 aliphatic rings. The highest BCUT2D eigenvalue weighted by molar-refractivity contribution is 5.76. The first-order chi connectivity index (χ1) is 12.0. The summed E-state index contributed by atoms with van der Waals surface area (Å²) in [5.74, 6) is -0.435. The summed E-state index contributed by atoms with van der Waals surface area (Å²) >= 11 is 0. The second kappa shape index (κ2) is 8.42. The third-order valence-corrected chi connectivity index (χ3v) is 4.05. The average Bonchev–Trinajstić information content (AvgIpc) is 2.59. The maximum Gasteiger partial charge on any atom is 0.311 e. The van der Waals surface area contributed by atoms with E-state index in [2.05, 4.69) is 0 Å². The van der Waals surface area contributed by atoms with Gasteiger partial charge in [0.2, 0.25) is 0 Å². The number of carboxylic acids is 1. The normalized spacial score (nSPS) is 11.8. The van der Waals surface area contributed by atoms with Crippen LogP contribution in [0, 0.1) is 6.92 Å². The standard InChI is InChI=1S/C20H24O5/c1-4-9-25-18-8-6-15(10-13(18)2)16(20(22)23)11-14-5-7-17(21)19(12-14)24-3/h5-8,10,12,16,21H,4,9,11H2,1-3H3,(H,22,23). The number of aryl methyl sites for hydroxylation is 1. The Morgan fingerprint density at radius 3 is 2.52 bits per heavy atom. The zero-order chi connectivity index (χ0) is 18.4. The fourth-order valence-corrected chi connectivity index (χ4v) is 2.70. The van der Waals surface area contributed by atoms with Crippen LogP contribution in [0.25, 0.3) is 0 Å². The van der Waals surface area contributed by atoms with Crippen LogP contribution in [0.4, 0.5) is 0 Å².